The quantitative estimate of drug-likeness (QED) is 0.386. The number of rotatable bonds is 5. The van der Waals surface area contributed by atoms with Crippen LogP contribution in [-0.4, -0.2) is 31.8 Å². The van der Waals surface area contributed by atoms with Gasteiger partial charge in [0.1, 0.15) is 17.1 Å². The van der Waals surface area contributed by atoms with E-state index in [1.807, 2.05) is 19.9 Å². The van der Waals surface area contributed by atoms with Crippen molar-refractivity contribution in [2.24, 2.45) is 5.92 Å². The van der Waals surface area contributed by atoms with Crippen LogP contribution in [0.4, 0.5) is 0 Å². The van der Waals surface area contributed by atoms with Gasteiger partial charge in [0.25, 0.3) is 0 Å². The van der Waals surface area contributed by atoms with Gasteiger partial charge in [0.2, 0.25) is 10.0 Å². The Bertz CT molecular complexity index is 1380. The lowest BCUT2D eigenvalue weighted by atomic mass is 10.0. The van der Waals surface area contributed by atoms with E-state index in [4.69, 9.17) is 20.8 Å². The highest BCUT2D eigenvalue weighted by molar-refractivity contribution is 7.89. The molecule has 1 aromatic heterocycles. The summed E-state index contributed by atoms with van der Waals surface area (Å²) in [6.07, 6.45) is 1.75. The maximum atomic E-state index is 13.2. The fourth-order valence-electron chi connectivity index (χ4n) is 4.01. The molecule has 0 radical (unpaired) electrons. The van der Waals surface area contributed by atoms with E-state index in [1.165, 1.54) is 28.6 Å². The molecule has 4 rings (SSSR count). The monoisotopic (exact) mass is 489 g/mol. The van der Waals surface area contributed by atoms with E-state index in [2.05, 4.69) is 0 Å². The van der Waals surface area contributed by atoms with Crippen molar-refractivity contribution >= 4 is 38.6 Å². The average molecular weight is 490 g/mol. The number of hydrogen-bond donors (Lipinski definition) is 0. The Kier molecular flexibility index (Phi) is 6.61. The summed E-state index contributed by atoms with van der Waals surface area (Å²) in [6, 6.07) is 10.7. The molecule has 1 saturated heterocycles. The number of benzene rings is 2. The predicted octanol–water partition coefficient (Wildman–Crippen LogP) is 4.53. The minimum absolute atomic E-state index is 0.0480. The van der Waals surface area contributed by atoms with Crippen LogP contribution in [0.3, 0.4) is 0 Å². The van der Waals surface area contributed by atoms with E-state index in [0.717, 1.165) is 18.4 Å². The third kappa shape index (κ3) is 4.98. The molecule has 2 heterocycles. The van der Waals surface area contributed by atoms with Crippen molar-refractivity contribution in [1.29, 1.82) is 0 Å². The van der Waals surface area contributed by atoms with Crippen LogP contribution in [0.5, 0.6) is 0 Å². The molecule has 174 valence electrons. The number of carbonyl (C=O) groups excluding carboxylic acids is 1. The molecule has 1 aliphatic heterocycles. The van der Waals surface area contributed by atoms with Crippen molar-refractivity contribution in [3.8, 4) is 0 Å². The number of hydrogen-bond acceptors (Lipinski definition) is 6. The first-order chi connectivity index (χ1) is 15.6. The van der Waals surface area contributed by atoms with Gasteiger partial charge in [-0.25, -0.2) is 18.0 Å². The number of piperidine rings is 1. The third-order valence-corrected chi connectivity index (χ3v) is 8.10. The highest BCUT2D eigenvalue weighted by Crippen LogP contribution is 2.29. The van der Waals surface area contributed by atoms with Crippen molar-refractivity contribution in [2.45, 2.75) is 38.2 Å². The van der Waals surface area contributed by atoms with E-state index in [0.29, 0.717) is 29.6 Å². The lowest BCUT2D eigenvalue weighted by Gasteiger charge is -2.30. The van der Waals surface area contributed by atoms with E-state index < -0.39 is 21.6 Å². The van der Waals surface area contributed by atoms with Crippen LogP contribution in [0.25, 0.3) is 11.0 Å². The average Bonchev–Trinajstić information content (AvgIpc) is 2.77. The summed E-state index contributed by atoms with van der Waals surface area (Å²) in [7, 11) is -3.85. The second-order valence-electron chi connectivity index (χ2n) is 8.42. The molecule has 3 aromatic rings. The summed E-state index contributed by atoms with van der Waals surface area (Å²) in [6.45, 7) is 4.55. The van der Waals surface area contributed by atoms with Gasteiger partial charge in [-0.3, -0.25) is 0 Å². The van der Waals surface area contributed by atoms with E-state index in [1.54, 1.807) is 12.1 Å². The maximum absolute atomic E-state index is 13.2. The van der Waals surface area contributed by atoms with Gasteiger partial charge in [-0.1, -0.05) is 30.7 Å². The zero-order valence-electron chi connectivity index (χ0n) is 18.3. The third-order valence-electron chi connectivity index (χ3n) is 5.75. The van der Waals surface area contributed by atoms with Crippen molar-refractivity contribution in [2.75, 3.05) is 13.1 Å². The normalized spacial score (nSPS) is 17.2. The SMILES string of the molecule is Cc1ccc2c(COC(=O)c3ccc(Cl)c(S(=O)(=O)N4CCCC(C)C4)c3)cc(=O)oc2c1. The molecule has 1 unspecified atom stereocenters. The molecule has 2 aromatic carbocycles. The van der Waals surface area contributed by atoms with E-state index in [-0.39, 0.29) is 28.0 Å². The fourth-order valence-corrected chi connectivity index (χ4v) is 6.11. The predicted molar refractivity (Wildman–Crippen MR) is 125 cm³/mol. The Morgan fingerprint density at radius 2 is 2.00 bits per heavy atom. The van der Waals surface area contributed by atoms with Gasteiger partial charge >= 0.3 is 11.6 Å². The smallest absolute Gasteiger partial charge is 0.338 e. The molecule has 0 amide bonds. The number of nitrogens with zero attached hydrogens (tertiary/aromatic N) is 1. The zero-order chi connectivity index (χ0) is 23.8. The first-order valence-corrected chi connectivity index (χ1v) is 12.5. The van der Waals surface area contributed by atoms with Crippen LogP contribution >= 0.6 is 11.6 Å². The van der Waals surface area contributed by atoms with Crippen LogP contribution in [-0.2, 0) is 21.4 Å². The van der Waals surface area contributed by atoms with Gasteiger partial charge in [-0.2, -0.15) is 4.31 Å². The Morgan fingerprint density at radius 1 is 1.21 bits per heavy atom. The molecule has 0 spiro atoms. The Morgan fingerprint density at radius 3 is 2.76 bits per heavy atom. The standard InChI is InChI=1S/C24H24ClNO6S/c1-15-5-7-19-18(12-23(27)32-21(19)10-15)14-31-24(28)17-6-8-20(25)22(11-17)33(29,30)26-9-3-4-16(2)13-26/h5-8,10-12,16H,3-4,9,13-14H2,1-2H3. The zero-order valence-corrected chi connectivity index (χ0v) is 19.9. The summed E-state index contributed by atoms with van der Waals surface area (Å²) in [5, 5.41) is 0.707. The molecule has 0 bridgehead atoms. The van der Waals surface area contributed by atoms with Crippen molar-refractivity contribution < 1.29 is 22.4 Å². The van der Waals surface area contributed by atoms with E-state index in [9.17, 15) is 18.0 Å². The number of sulfonamides is 1. The molecule has 1 atom stereocenters. The number of esters is 1. The molecule has 33 heavy (non-hydrogen) atoms. The molecular weight excluding hydrogens is 466 g/mol. The number of halogens is 1. The van der Waals surface area contributed by atoms with Gasteiger partial charge in [0.05, 0.1) is 10.6 Å². The molecule has 1 fully saturated rings. The second kappa shape index (κ2) is 9.29. The first-order valence-electron chi connectivity index (χ1n) is 10.7. The number of fused-ring (bicyclic) bond motifs is 1. The fraction of sp³-hybridized carbons (Fsp3) is 0.333. The summed E-state index contributed by atoms with van der Waals surface area (Å²) in [5.41, 5.74) is 1.35. The summed E-state index contributed by atoms with van der Waals surface area (Å²) >= 11 is 6.21. The molecule has 0 saturated carbocycles. The largest absolute Gasteiger partial charge is 0.457 e. The molecule has 7 nitrogen and oxygen atoms in total. The topological polar surface area (TPSA) is 93.9 Å². The van der Waals surface area contributed by atoms with Crippen molar-refractivity contribution in [3.63, 3.8) is 0 Å². The summed E-state index contributed by atoms with van der Waals surface area (Å²) in [4.78, 5) is 24.5. The Labute approximate surface area is 197 Å². The van der Waals surface area contributed by atoms with Crippen molar-refractivity contribution in [3.05, 3.63) is 74.6 Å². The summed E-state index contributed by atoms with van der Waals surface area (Å²) in [5.74, 6) is -0.466. The Hall–Kier alpha value is -2.68. The number of aryl methyl sites for hydroxylation is 1. The van der Waals surface area contributed by atoms with E-state index >= 15 is 0 Å². The Balaban J connectivity index is 1.58. The minimum Gasteiger partial charge on any atom is -0.457 e. The highest BCUT2D eigenvalue weighted by Gasteiger charge is 2.31. The summed E-state index contributed by atoms with van der Waals surface area (Å²) < 4.78 is 38.4. The van der Waals surface area contributed by atoms with Crippen LogP contribution in [0.2, 0.25) is 5.02 Å². The van der Waals surface area contributed by atoms with Crippen LogP contribution in [0.1, 0.15) is 41.3 Å². The highest BCUT2D eigenvalue weighted by atomic mass is 35.5. The lowest BCUT2D eigenvalue weighted by molar-refractivity contribution is 0.0473. The van der Waals surface area contributed by atoms with Gasteiger partial charge in [-0.05, 0) is 55.5 Å². The lowest BCUT2D eigenvalue weighted by Crippen LogP contribution is -2.39. The first kappa shape index (κ1) is 23.5. The van der Waals surface area contributed by atoms with Crippen LogP contribution in [0, 0.1) is 12.8 Å². The van der Waals surface area contributed by atoms with Gasteiger partial charge in [0.15, 0.2) is 0 Å². The van der Waals surface area contributed by atoms with Crippen LogP contribution < -0.4 is 5.63 Å². The maximum Gasteiger partial charge on any atom is 0.338 e. The van der Waals surface area contributed by atoms with Crippen LogP contribution in [0.15, 0.2) is 56.6 Å². The molecule has 1 aliphatic rings. The minimum atomic E-state index is -3.85. The number of ether oxygens (including phenoxy) is 1. The molecular formula is C24H24ClNO6S. The molecule has 9 heteroatoms. The van der Waals surface area contributed by atoms with Crippen molar-refractivity contribution in [1.82, 2.24) is 4.31 Å². The number of carbonyl (C=O) groups is 1. The molecule has 0 aliphatic carbocycles. The van der Waals surface area contributed by atoms with Gasteiger partial charge in [-0.15, -0.1) is 0 Å². The van der Waals surface area contributed by atoms with Gasteiger partial charge in [0, 0.05) is 30.1 Å². The van der Waals surface area contributed by atoms with Gasteiger partial charge < -0.3 is 9.15 Å². The molecule has 0 N–H and O–H groups in total. The second-order valence-corrected chi connectivity index (χ2v) is 10.7.